The van der Waals surface area contributed by atoms with Crippen LogP contribution in [0.25, 0.3) is 10.2 Å². The van der Waals surface area contributed by atoms with Crippen molar-refractivity contribution in [3.05, 3.63) is 33.0 Å². The molecule has 0 radical (unpaired) electrons. The van der Waals surface area contributed by atoms with Crippen LogP contribution in [0.4, 0.5) is 0 Å². The molecule has 3 rings (SSSR count). The first-order valence-electron chi connectivity index (χ1n) is 9.46. The second kappa shape index (κ2) is 9.19. The third-order valence-corrected chi connectivity index (χ3v) is 6.60. The van der Waals surface area contributed by atoms with Crippen molar-refractivity contribution in [2.45, 2.75) is 63.4 Å². The first kappa shape index (κ1) is 21.0. The highest BCUT2D eigenvalue weighted by atomic mass is 32.2. The lowest BCUT2D eigenvalue weighted by Crippen LogP contribution is -2.23. The van der Waals surface area contributed by atoms with Gasteiger partial charge in [0.2, 0.25) is 5.89 Å². The number of methoxy groups -OCH3 is 1. The van der Waals surface area contributed by atoms with Crippen molar-refractivity contribution in [2.24, 2.45) is 0 Å². The number of rotatable bonds is 9. The first-order chi connectivity index (χ1) is 13.4. The Hall–Kier alpha value is -1.71. The number of hydrogen-bond acceptors (Lipinski definition) is 8. The highest BCUT2D eigenvalue weighted by Crippen LogP contribution is 2.34. The predicted molar refractivity (Wildman–Crippen MR) is 112 cm³/mol. The van der Waals surface area contributed by atoms with Crippen LogP contribution >= 0.6 is 23.1 Å². The normalized spacial score (nSPS) is 12.9. The minimum atomic E-state index is -0.108. The van der Waals surface area contributed by atoms with Crippen LogP contribution in [-0.2, 0) is 17.7 Å². The Balaban J connectivity index is 1.96. The molecule has 7 nitrogen and oxygen atoms in total. The lowest BCUT2D eigenvalue weighted by atomic mass is 10.2. The molecule has 3 aromatic heterocycles. The summed E-state index contributed by atoms with van der Waals surface area (Å²) in [5.41, 5.74) is 0.000140. The molecule has 0 saturated heterocycles. The molecule has 0 aliphatic heterocycles. The Morgan fingerprint density at radius 1 is 1.32 bits per heavy atom. The zero-order chi connectivity index (χ0) is 20.3. The van der Waals surface area contributed by atoms with Gasteiger partial charge in [0.1, 0.15) is 4.83 Å². The topological polar surface area (TPSA) is 83.0 Å². The van der Waals surface area contributed by atoms with E-state index in [4.69, 9.17) is 14.2 Å². The van der Waals surface area contributed by atoms with Crippen LogP contribution in [0, 0.1) is 0 Å². The number of thiophene rings is 1. The van der Waals surface area contributed by atoms with E-state index in [2.05, 4.69) is 17.1 Å². The summed E-state index contributed by atoms with van der Waals surface area (Å²) in [6, 6.07) is 1.97. The molecule has 9 heteroatoms. The number of hydrogen-bond donors (Lipinski definition) is 0. The molecule has 0 bridgehead atoms. The number of aromatic nitrogens is 4. The summed E-state index contributed by atoms with van der Waals surface area (Å²) in [6.45, 7) is 9.28. The van der Waals surface area contributed by atoms with Gasteiger partial charge in [0.15, 0.2) is 11.0 Å². The van der Waals surface area contributed by atoms with Crippen molar-refractivity contribution in [3.8, 4) is 0 Å². The second-order valence-corrected chi connectivity index (χ2v) is 9.31. The van der Waals surface area contributed by atoms with Gasteiger partial charge in [0.05, 0.1) is 10.6 Å². The van der Waals surface area contributed by atoms with E-state index in [-0.39, 0.29) is 16.7 Å². The molecule has 3 heterocycles. The standard InChI is InChI=1S/C19H26N4O3S2/c1-6-13-10-14-17(28-13)21-19(23(18(14)24)8-7-9-25-5)27-12(4)16-20-15(11(2)3)22-26-16/h10-12H,6-9H2,1-5H3. The Labute approximate surface area is 172 Å². The highest BCUT2D eigenvalue weighted by Gasteiger charge is 2.21. The number of thioether (sulfide) groups is 1. The monoisotopic (exact) mass is 422 g/mol. The van der Waals surface area contributed by atoms with Crippen LogP contribution in [0.1, 0.15) is 61.9 Å². The first-order valence-corrected chi connectivity index (χ1v) is 11.2. The maximum absolute atomic E-state index is 13.1. The Morgan fingerprint density at radius 2 is 2.11 bits per heavy atom. The van der Waals surface area contributed by atoms with Crippen LogP contribution in [0.3, 0.4) is 0 Å². The maximum atomic E-state index is 13.1. The molecule has 1 atom stereocenters. The van der Waals surface area contributed by atoms with Crippen LogP contribution in [0.15, 0.2) is 20.5 Å². The minimum Gasteiger partial charge on any atom is -0.385 e. The average Bonchev–Trinajstić information content (AvgIpc) is 3.31. The van der Waals surface area contributed by atoms with E-state index >= 15 is 0 Å². The van der Waals surface area contributed by atoms with Crippen molar-refractivity contribution < 1.29 is 9.26 Å². The van der Waals surface area contributed by atoms with E-state index in [9.17, 15) is 4.79 Å². The average molecular weight is 423 g/mol. The van der Waals surface area contributed by atoms with Crippen LogP contribution < -0.4 is 5.56 Å². The Morgan fingerprint density at radius 3 is 2.75 bits per heavy atom. The molecule has 0 N–H and O–H groups in total. The van der Waals surface area contributed by atoms with Gasteiger partial charge in [-0.15, -0.1) is 11.3 Å². The summed E-state index contributed by atoms with van der Waals surface area (Å²) in [5.74, 6) is 1.44. The summed E-state index contributed by atoms with van der Waals surface area (Å²) in [5, 5.41) is 5.30. The van der Waals surface area contributed by atoms with E-state index in [1.807, 2.05) is 26.8 Å². The van der Waals surface area contributed by atoms with Gasteiger partial charge in [-0.1, -0.05) is 37.7 Å². The van der Waals surface area contributed by atoms with Gasteiger partial charge >= 0.3 is 0 Å². The lowest BCUT2D eigenvalue weighted by Gasteiger charge is -2.13. The molecule has 0 saturated carbocycles. The molecule has 0 fully saturated rings. The molecule has 3 aromatic rings. The fourth-order valence-electron chi connectivity index (χ4n) is 2.73. The van der Waals surface area contributed by atoms with Crippen LogP contribution in [-0.4, -0.2) is 33.4 Å². The molecule has 1 unspecified atom stereocenters. The van der Waals surface area contributed by atoms with Gasteiger partial charge in [0.25, 0.3) is 5.56 Å². The van der Waals surface area contributed by atoms with Crippen molar-refractivity contribution in [2.75, 3.05) is 13.7 Å². The van der Waals surface area contributed by atoms with Crippen molar-refractivity contribution >= 4 is 33.3 Å². The third-order valence-electron chi connectivity index (χ3n) is 4.35. The zero-order valence-electron chi connectivity index (χ0n) is 16.9. The van der Waals surface area contributed by atoms with Gasteiger partial charge in [0, 0.05) is 31.1 Å². The van der Waals surface area contributed by atoms with Gasteiger partial charge in [-0.05, 0) is 25.8 Å². The van der Waals surface area contributed by atoms with Crippen molar-refractivity contribution in [1.29, 1.82) is 0 Å². The second-order valence-electron chi connectivity index (χ2n) is 6.89. The smallest absolute Gasteiger partial charge is 0.262 e. The molecule has 0 aliphatic rings. The third kappa shape index (κ3) is 4.47. The molecule has 152 valence electrons. The number of ether oxygens (including phenoxy) is 1. The van der Waals surface area contributed by atoms with Crippen molar-refractivity contribution in [1.82, 2.24) is 19.7 Å². The van der Waals surface area contributed by atoms with E-state index in [1.165, 1.54) is 11.8 Å². The minimum absolute atomic E-state index is 0.000140. The summed E-state index contributed by atoms with van der Waals surface area (Å²) >= 11 is 3.05. The van der Waals surface area contributed by atoms with Crippen molar-refractivity contribution in [3.63, 3.8) is 0 Å². The largest absolute Gasteiger partial charge is 0.385 e. The molecular formula is C19H26N4O3S2. The molecule has 28 heavy (non-hydrogen) atoms. The van der Waals surface area contributed by atoms with Gasteiger partial charge in [-0.3, -0.25) is 9.36 Å². The number of nitrogens with zero attached hydrogens (tertiary/aromatic N) is 4. The Bertz CT molecular complexity index is 993. The fraction of sp³-hybridized carbons (Fsp3) is 0.579. The maximum Gasteiger partial charge on any atom is 0.262 e. The highest BCUT2D eigenvalue weighted by molar-refractivity contribution is 7.99. The summed E-state index contributed by atoms with van der Waals surface area (Å²) in [6.07, 6.45) is 1.64. The SMILES string of the molecule is CCc1cc2c(=O)n(CCCOC)c(SC(C)c3nc(C(C)C)no3)nc2s1. The lowest BCUT2D eigenvalue weighted by molar-refractivity contribution is 0.189. The summed E-state index contributed by atoms with van der Waals surface area (Å²) in [7, 11) is 1.66. The molecule has 0 amide bonds. The molecular weight excluding hydrogens is 396 g/mol. The van der Waals surface area contributed by atoms with Crippen LogP contribution in [0.5, 0.6) is 0 Å². The van der Waals surface area contributed by atoms with Crippen LogP contribution in [0.2, 0.25) is 0 Å². The van der Waals surface area contributed by atoms with E-state index in [1.54, 1.807) is 23.0 Å². The zero-order valence-corrected chi connectivity index (χ0v) is 18.5. The molecule has 0 aromatic carbocycles. The molecule has 0 aliphatic carbocycles. The predicted octanol–water partition coefficient (Wildman–Crippen LogP) is 4.42. The quantitative estimate of drug-likeness (QED) is 0.287. The summed E-state index contributed by atoms with van der Waals surface area (Å²) < 4.78 is 12.3. The van der Waals surface area contributed by atoms with Gasteiger partial charge < -0.3 is 9.26 Å². The van der Waals surface area contributed by atoms with E-state index in [0.29, 0.717) is 35.4 Å². The van der Waals surface area contributed by atoms with E-state index < -0.39 is 0 Å². The van der Waals surface area contributed by atoms with Gasteiger partial charge in [-0.25, -0.2) is 4.98 Å². The number of fused-ring (bicyclic) bond motifs is 1. The van der Waals surface area contributed by atoms with Gasteiger partial charge in [-0.2, -0.15) is 4.98 Å². The molecule has 0 spiro atoms. The summed E-state index contributed by atoms with van der Waals surface area (Å²) in [4.78, 5) is 24.3. The fourth-order valence-corrected chi connectivity index (χ4v) is 4.70. The Kier molecular flexibility index (Phi) is 6.90. The van der Waals surface area contributed by atoms with E-state index in [0.717, 1.165) is 22.5 Å². The number of aryl methyl sites for hydroxylation is 1.